The topological polar surface area (TPSA) is 68.3 Å². The highest BCUT2D eigenvalue weighted by Crippen LogP contribution is 2.33. The Morgan fingerprint density at radius 1 is 1.14 bits per heavy atom. The second-order valence-corrected chi connectivity index (χ2v) is 7.37. The maximum atomic E-state index is 11.2. The predicted octanol–water partition coefficient (Wildman–Crippen LogP) is 3.34. The van der Waals surface area contributed by atoms with E-state index in [1.165, 1.54) is 11.3 Å². The molecule has 2 aromatic carbocycles. The van der Waals surface area contributed by atoms with Crippen LogP contribution in [0, 0.1) is 0 Å². The molecule has 0 saturated carbocycles. The van der Waals surface area contributed by atoms with Gasteiger partial charge in [0.2, 0.25) is 0 Å². The quantitative estimate of drug-likeness (QED) is 0.741. The van der Waals surface area contributed by atoms with Gasteiger partial charge in [0.05, 0.1) is 16.5 Å². The molecule has 22 heavy (non-hydrogen) atoms. The maximum Gasteiger partial charge on any atom is 0.306 e. The van der Waals surface area contributed by atoms with Crippen LogP contribution < -0.4 is 9.50 Å². The Hall–Kier alpha value is -2.12. The summed E-state index contributed by atoms with van der Waals surface area (Å²) in [4.78, 5) is 4.57. The van der Waals surface area contributed by atoms with Crippen LogP contribution in [0.25, 0.3) is 20.8 Å². The molecule has 0 fully saturated rings. The minimum Gasteiger partial charge on any atom is -0.388 e. The molecule has 1 heterocycles. The lowest BCUT2D eigenvalue weighted by atomic mass is 10.2. The van der Waals surface area contributed by atoms with E-state index in [1.807, 2.05) is 31.3 Å². The number of thiazole rings is 1. The molecule has 1 aromatic heterocycles. The lowest BCUT2D eigenvalue weighted by Crippen LogP contribution is -2.05. The summed E-state index contributed by atoms with van der Waals surface area (Å²) in [5, 5.41) is 3.95. The first-order chi connectivity index (χ1) is 10.4. The van der Waals surface area contributed by atoms with Gasteiger partial charge in [0.25, 0.3) is 0 Å². The van der Waals surface area contributed by atoms with Crippen LogP contribution in [0.2, 0.25) is 0 Å². The number of fused-ring (bicyclic) bond motifs is 1. The molecule has 3 rings (SSSR count). The third-order valence-corrected chi connectivity index (χ3v) is 4.59. The molecule has 0 aliphatic carbocycles. The van der Waals surface area contributed by atoms with E-state index in [-0.39, 0.29) is 0 Å². The number of nitrogens with one attached hydrogen (secondary N) is 1. The van der Waals surface area contributed by atoms with Gasteiger partial charge in [-0.3, -0.25) is 0 Å². The Kier molecular flexibility index (Phi) is 3.76. The largest absolute Gasteiger partial charge is 0.388 e. The van der Waals surface area contributed by atoms with Crippen molar-refractivity contribution in [3.63, 3.8) is 0 Å². The first kappa shape index (κ1) is 14.8. The fourth-order valence-electron chi connectivity index (χ4n) is 2.03. The number of hydrogen-bond donors (Lipinski definition) is 1. The highest BCUT2D eigenvalue weighted by Gasteiger charge is 2.10. The van der Waals surface area contributed by atoms with Gasteiger partial charge in [0, 0.05) is 24.4 Å². The lowest BCUT2D eigenvalue weighted by molar-refractivity contribution is 0.493. The lowest BCUT2D eigenvalue weighted by Gasteiger charge is -2.01. The molecule has 0 amide bonds. The fourth-order valence-corrected chi connectivity index (χ4v) is 3.49. The minimum atomic E-state index is -3.52. The summed E-state index contributed by atoms with van der Waals surface area (Å²) in [5.41, 5.74) is 2.87. The number of nitrogens with zero attached hydrogens (tertiary/aromatic N) is 1. The molecule has 0 unspecified atom stereocenters. The van der Waals surface area contributed by atoms with Crippen molar-refractivity contribution >= 4 is 37.4 Å². The highest BCUT2D eigenvalue weighted by molar-refractivity contribution is 7.86. The monoisotopic (exact) mass is 334 g/mol. The van der Waals surface area contributed by atoms with Gasteiger partial charge in [-0.15, -0.1) is 11.3 Å². The van der Waals surface area contributed by atoms with Crippen LogP contribution in [0.15, 0.2) is 42.5 Å². The van der Waals surface area contributed by atoms with Crippen LogP contribution in [0.5, 0.6) is 5.75 Å². The summed E-state index contributed by atoms with van der Waals surface area (Å²) < 4.78 is 28.1. The summed E-state index contributed by atoms with van der Waals surface area (Å²) in [6.07, 6.45) is 1.03. The van der Waals surface area contributed by atoms with Gasteiger partial charge < -0.3 is 9.50 Å². The Bertz CT molecular complexity index is 916. The summed E-state index contributed by atoms with van der Waals surface area (Å²) in [6.45, 7) is 0. The zero-order valence-corrected chi connectivity index (χ0v) is 13.7. The van der Waals surface area contributed by atoms with Crippen LogP contribution in [0.4, 0.5) is 5.69 Å². The van der Waals surface area contributed by atoms with Gasteiger partial charge >= 0.3 is 10.1 Å². The average Bonchev–Trinajstić information content (AvgIpc) is 2.89. The summed E-state index contributed by atoms with van der Waals surface area (Å²) in [5.74, 6) is 0.302. The minimum absolute atomic E-state index is 0.302. The molecular weight excluding hydrogens is 320 g/mol. The SMILES string of the molecule is CNc1ccc(-c2nc3ccc(OS(C)(=O)=O)cc3s2)cc1. The second-order valence-electron chi connectivity index (χ2n) is 4.76. The first-order valence-electron chi connectivity index (χ1n) is 6.53. The van der Waals surface area contributed by atoms with Crippen molar-refractivity contribution in [3.8, 4) is 16.3 Å². The van der Waals surface area contributed by atoms with Crippen molar-refractivity contribution in [1.29, 1.82) is 0 Å². The molecule has 0 atom stereocenters. The van der Waals surface area contributed by atoms with Crippen LogP contribution >= 0.6 is 11.3 Å². The highest BCUT2D eigenvalue weighted by atomic mass is 32.2. The van der Waals surface area contributed by atoms with E-state index in [4.69, 9.17) is 4.18 Å². The van der Waals surface area contributed by atoms with Crippen LogP contribution in [0.1, 0.15) is 0 Å². The smallest absolute Gasteiger partial charge is 0.306 e. The number of rotatable bonds is 4. The Morgan fingerprint density at radius 3 is 2.50 bits per heavy atom. The van der Waals surface area contributed by atoms with Crippen molar-refractivity contribution in [2.75, 3.05) is 18.6 Å². The summed E-state index contributed by atoms with van der Waals surface area (Å²) in [6, 6.07) is 13.0. The van der Waals surface area contributed by atoms with Gasteiger partial charge in [-0.25, -0.2) is 4.98 Å². The third-order valence-electron chi connectivity index (χ3n) is 3.03. The predicted molar refractivity (Wildman–Crippen MR) is 90.1 cm³/mol. The van der Waals surface area contributed by atoms with E-state index in [2.05, 4.69) is 10.3 Å². The molecular formula is C15H14N2O3S2. The fraction of sp³-hybridized carbons (Fsp3) is 0.133. The van der Waals surface area contributed by atoms with Crippen molar-refractivity contribution in [1.82, 2.24) is 4.98 Å². The van der Waals surface area contributed by atoms with Gasteiger partial charge in [-0.05, 0) is 36.4 Å². The molecule has 0 bridgehead atoms. The third kappa shape index (κ3) is 3.20. The van der Waals surface area contributed by atoms with E-state index in [0.29, 0.717) is 5.75 Å². The van der Waals surface area contributed by atoms with E-state index in [0.717, 1.165) is 32.7 Å². The molecule has 0 saturated heterocycles. The molecule has 5 nitrogen and oxygen atoms in total. The molecule has 7 heteroatoms. The molecule has 114 valence electrons. The Balaban J connectivity index is 1.98. The van der Waals surface area contributed by atoms with Gasteiger partial charge in [-0.2, -0.15) is 8.42 Å². The number of benzene rings is 2. The van der Waals surface area contributed by atoms with Crippen molar-refractivity contribution in [2.45, 2.75) is 0 Å². The van der Waals surface area contributed by atoms with E-state index < -0.39 is 10.1 Å². The van der Waals surface area contributed by atoms with E-state index in [9.17, 15) is 8.42 Å². The van der Waals surface area contributed by atoms with Crippen molar-refractivity contribution < 1.29 is 12.6 Å². The Morgan fingerprint density at radius 2 is 1.86 bits per heavy atom. The Labute approximate surface area is 132 Å². The van der Waals surface area contributed by atoms with E-state index >= 15 is 0 Å². The zero-order valence-electron chi connectivity index (χ0n) is 12.0. The van der Waals surface area contributed by atoms with E-state index in [1.54, 1.807) is 18.2 Å². The second kappa shape index (κ2) is 5.58. The molecule has 3 aromatic rings. The molecule has 0 aliphatic rings. The zero-order chi connectivity index (χ0) is 15.7. The number of aromatic nitrogens is 1. The number of hydrogen-bond acceptors (Lipinski definition) is 6. The average molecular weight is 334 g/mol. The van der Waals surface area contributed by atoms with Crippen LogP contribution in [0.3, 0.4) is 0 Å². The van der Waals surface area contributed by atoms with Gasteiger partial charge in [-0.1, -0.05) is 0 Å². The molecule has 0 spiro atoms. The van der Waals surface area contributed by atoms with Crippen molar-refractivity contribution in [2.24, 2.45) is 0 Å². The number of anilines is 1. The van der Waals surface area contributed by atoms with Crippen LogP contribution in [-0.2, 0) is 10.1 Å². The maximum absolute atomic E-state index is 11.2. The van der Waals surface area contributed by atoms with Crippen LogP contribution in [-0.4, -0.2) is 26.7 Å². The summed E-state index contributed by atoms with van der Waals surface area (Å²) in [7, 11) is -1.65. The molecule has 0 aliphatic heterocycles. The normalized spacial score (nSPS) is 11.5. The van der Waals surface area contributed by atoms with Gasteiger partial charge in [0.1, 0.15) is 10.8 Å². The standard InChI is InChI=1S/C15H14N2O3S2/c1-16-11-5-3-10(4-6-11)15-17-13-8-7-12(9-14(13)21-15)20-22(2,18)19/h3-9,16H,1-2H3. The molecule has 1 N–H and O–H groups in total. The summed E-state index contributed by atoms with van der Waals surface area (Å²) >= 11 is 1.50. The van der Waals surface area contributed by atoms with Gasteiger partial charge in [0.15, 0.2) is 0 Å². The first-order valence-corrected chi connectivity index (χ1v) is 9.16. The molecule has 0 radical (unpaired) electrons. The van der Waals surface area contributed by atoms with Crippen molar-refractivity contribution in [3.05, 3.63) is 42.5 Å².